The highest BCUT2D eigenvalue weighted by Gasteiger charge is 2.20. The van der Waals surface area contributed by atoms with E-state index in [2.05, 4.69) is 36.3 Å². The molecule has 0 spiro atoms. The normalized spacial score (nSPS) is 12.2. The second kappa shape index (κ2) is 5.85. The topological polar surface area (TPSA) is 34.2 Å². The molecule has 1 N–H and O–H groups in total. The Morgan fingerprint density at radius 1 is 1.21 bits per heavy atom. The van der Waals surface area contributed by atoms with Crippen LogP contribution in [0.1, 0.15) is 28.4 Å². The molecule has 2 rings (SSSR count). The van der Waals surface area contributed by atoms with Crippen LogP contribution in [0.3, 0.4) is 0 Å². The van der Waals surface area contributed by atoms with Crippen LogP contribution in [0.5, 0.6) is 5.75 Å². The van der Waals surface area contributed by atoms with E-state index in [1.807, 2.05) is 31.4 Å². The monoisotopic (exact) mass is 256 g/mol. The minimum absolute atomic E-state index is 0.0387. The first-order valence-electron chi connectivity index (χ1n) is 6.40. The summed E-state index contributed by atoms with van der Waals surface area (Å²) in [5, 5.41) is 3.33. The highest BCUT2D eigenvalue weighted by atomic mass is 16.5. The van der Waals surface area contributed by atoms with Crippen molar-refractivity contribution in [1.29, 1.82) is 0 Å². The lowest BCUT2D eigenvalue weighted by Crippen LogP contribution is -2.20. The molecule has 3 nitrogen and oxygen atoms in total. The number of nitrogens with zero attached hydrogens (tertiary/aromatic N) is 1. The summed E-state index contributed by atoms with van der Waals surface area (Å²) in [4.78, 5) is 4.45. The van der Waals surface area contributed by atoms with Crippen LogP contribution < -0.4 is 10.1 Å². The van der Waals surface area contributed by atoms with Crippen LogP contribution in [0, 0.1) is 13.8 Å². The van der Waals surface area contributed by atoms with Gasteiger partial charge in [-0.2, -0.15) is 0 Å². The minimum Gasteiger partial charge on any atom is -0.496 e. The number of benzene rings is 1. The molecule has 2 aromatic rings. The van der Waals surface area contributed by atoms with Crippen molar-refractivity contribution in [2.24, 2.45) is 0 Å². The van der Waals surface area contributed by atoms with Crippen LogP contribution in [0.25, 0.3) is 0 Å². The fourth-order valence-corrected chi connectivity index (χ4v) is 2.47. The molecule has 100 valence electrons. The average molecular weight is 256 g/mol. The molecule has 1 atom stereocenters. The molecule has 19 heavy (non-hydrogen) atoms. The van der Waals surface area contributed by atoms with Crippen molar-refractivity contribution in [2.45, 2.75) is 19.9 Å². The number of aryl methyl sites for hydroxylation is 2. The zero-order chi connectivity index (χ0) is 13.8. The van der Waals surface area contributed by atoms with Crippen molar-refractivity contribution >= 4 is 0 Å². The molecule has 0 fully saturated rings. The van der Waals surface area contributed by atoms with Gasteiger partial charge in [0, 0.05) is 11.8 Å². The van der Waals surface area contributed by atoms with E-state index in [1.165, 1.54) is 11.1 Å². The van der Waals surface area contributed by atoms with Crippen LogP contribution >= 0.6 is 0 Å². The molecule has 0 aliphatic carbocycles. The third kappa shape index (κ3) is 2.76. The molecule has 1 unspecified atom stereocenters. The molecule has 1 heterocycles. The van der Waals surface area contributed by atoms with Crippen LogP contribution in [0.4, 0.5) is 0 Å². The van der Waals surface area contributed by atoms with Crippen molar-refractivity contribution < 1.29 is 4.74 Å². The number of hydrogen-bond acceptors (Lipinski definition) is 3. The van der Waals surface area contributed by atoms with E-state index in [9.17, 15) is 0 Å². The van der Waals surface area contributed by atoms with Crippen LogP contribution in [-0.4, -0.2) is 19.1 Å². The van der Waals surface area contributed by atoms with E-state index in [1.54, 1.807) is 7.11 Å². The summed E-state index contributed by atoms with van der Waals surface area (Å²) < 4.78 is 5.54. The van der Waals surface area contributed by atoms with Crippen LogP contribution in [-0.2, 0) is 0 Å². The van der Waals surface area contributed by atoms with Crippen molar-refractivity contribution in [3.05, 3.63) is 58.9 Å². The zero-order valence-electron chi connectivity index (χ0n) is 11.9. The number of aromatic nitrogens is 1. The van der Waals surface area contributed by atoms with Gasteiger partial charge in [0.15, 0.2) is 0 Å². The van der Waals surface area contributed by atoms with Gasteiger partial charge in [-0.1, -0.05) is 12.1 Å². The largest absolute Gasteiger partial charge is 0.496 e. The van der Waals surface area contributed by atoms with Gasteiger partial charge in [0.2, 0.25) is 0 Å². The van der Waals surface area contributed by atoms with Gasteiger partial charge in [-0.3, -0.25) is 4.98 Å². The number of rotatable bonds is 4. The Morgan fingerprint density at radius 2 is 2.00 bits per heavy atom. The smallest absolute Gasteiger partial charge is 0.124 e. The third-order valence-electron chi connectivity index (χ3n) is 3.27. The molecule has 0 saturated carbocycles. The second-order valence-electron chi connectivity index (χ2n) is 4.67. The van der Waals surface area contributed by atoms with Gasteiger partial charge < -0.3 is 10.1 Å². The number of pyridine rings is 1. The van der Waals surface area contributed by atoms with E-state index < -0.39 is 0 Å². The van der Waals surface area contributed by atoms with Gasteiger partial charge in [0.25, 0.3) is 0 Å². The van der Waals surface area contributed by atoms with E-state index in [4.69, 9.17) is 4.74 Å². The van der Waals surface area contributed by atoms with Gasteiger partial charge in [-0.25, -0.2) is 0 Å². The predicted molar refractivity (Wildman–Crippen MR) is 77.6 cm³/mol. The van der Waals surface area contributed by atoms with Crippen LogP contribution in [0.15, 0.2) is 36.5 Å². The highest BCUT2D eigenvalue weighted by molar-refractivity contribution is 5.47. The van der Waals surface area contributed by atoms with Crippen molar-refractivity contribution in [3.8, 4) is 5.75 Å². The SMILES string of the molecule is CNC(c1ccccn1)c1c(C)cc(C)cc1OC. The molecule has 0 aliphatic heterocycles. The van der Waals surface area contributed by atoms with Crippen LogP contribution in [0.2, 0.25) is 0 Å². The maximum Gasteiger partial charge on any atom is 0.124 e. The van der Waals surface area contributed by atoms with Crippen molar-refractivity contribution in [1.82, 2.24) is 10.3 Å². The lowest BCUT2D eigenvalue weighted by molar-refractivity contribution is 0.404. The maximum absolute atomic E-state index is 5.54. The molecule has 0 aliphatic rings. The van der Waals surface area contributed by atoms with E-state index in [-0.39, 0.29) is 6.04 Å². The molecule has 3 heteroatoms. The number of ether oxygens (including phenoxy) is 1. The van der Waals surface area contributed by atoms with Gasteiger partial charge in [0.05, 0.1) is 18.8 Å². The Kier molecular flexibility index (Phi) is 4.17. The Bertz CT molecular complexity index is 552. The quantitative estimate of drug-likeness (QED) is 0.913. The summed E-state index contributed by atoms with van der Waals surface area (Å²) in [6.45, 7) is 4.19. The van der Waals surface area contributed by atoms with E-state index in [0.717, 1.165) is 17.0 Å². The summed E-state index contributed by atoms with van der Waals surface area (Å²) in [5.74, 6) is 0.905. The lowest BCUT2D eigenvalue weighted by Gasteiger charge is -2.21. The van der Waals surface area contributed by atoms with Crippen molar-refractivity contribution in [2.75, 3.05) is 14.2 Å². The first-order chi connectivity index (χ1) is 9.17. The van der Waals surface area contributed by atoms with E-state index in [0.29, 0.717) is 0 Å². The second-order valence-corrected chi connectivity index (χ2v) is 4.67. The summed E-state index contributed by atoms with van der Waals surface area (Å²) in [7, 11) is 3.65. The Hall–Kier alpha value is -1.87. The van der Waals surface area contributed by atoms with Gasteiger partial charge >= 0.3 is 0 Å². The number of hydrogen-bond donors (Lipinski definition) is 1. The Balaban J connectivity index is 2.55. The summed E-state index contributed by atoms with van der Waals surface area (Å²) >= 11 is 0. The standard InChI is InChI=1S/C16H20N2O/c1-11-9-12(2)15(14(10-11)19-4)16(17-3)13-7-5-6-8-18-13/h5-10,16-17H,1-4H3. The lowest BCUT2D eigenvalue weighted by atomic mass is 9.95. The first-order valence-corrected chi connectivity index (χ1v) is 6.40. The van der Waals surface area contributed by atoms with Crippen molar-refractivity contribution in [3.63, 3.8) is 0 Å². The summed E-state index contributed by atoms with van der Waals surface area (Å²) in [6, 6.07) is 10.2. The molecule has 1 aromatic heterocycles. The fraction of sp³-hybridized carbons (Fsp3) is 0.312. The average Bonchev–Trinajstić information content (AvgIpc) is 2.42. The predicted octanol–water partition coefficient (Wildman–Crippen LogP) is 3.02. The molecule has 1 aromatic carbocycles. The number of nitrogens with one attached hydrogen (secondary N) is 1. The fourth-order valence-electron chi connectivity index (χ4n) is 2.47. The molecule has 0 saturated heterocycles. The molecule has 0 bridgehead atoms. The highest BCUT2D eigenvalue weighted by Crippen LogP contribution is 2.32. The molecule has 0 amide bonds. The first kappa shape index (κ1) is 13.6. The van der Waals surface area contributed by atoms with Gasteiger partial charge in [-0.05, 0) is 50.2 Å². The molecular weight excluding hydrogens is 236 g/mol. The zero-order valence-corrected chi connectivity index (χ0v) is 11.9. The Labute approximate surface area is 114 Å². The minimum atomic E-state index is 0.0387. The maximum atomic E-state index is 5.54. The summed E-state index contributed by atoms with van der Waals surface area (Å²) in [6.07, 6.45) is 1.82. The summed E-state index contributed by atoms with van der Waals surface area (Å²) in [5.41, 5.74) is 4.56. The number of methoxy groups -OCH3 is 1. The molecular formula is C16H20N2O. The van der Waals surface area contributed by atoms with E-state index >= 15 is 0 Å². The third-order valence-corrected chi connectivity index (χ3v) is 3.27. The van der Waals surface area contributed by atoms with Gasteiger partial charge in [0.1, 0.15) is 5.75 Å². The molecule has 0 radical (unpaired) electrons. The Morgan fingerprint density at radius 3 is 2.58 bits per heavy atom. The van der Waals surface area contributed by atoms with Gasteiger partial charge in [-0.15, -0.1) is 0 Å².